The first-order valence-corrected chi connectivity index (χ1v) is 10.6. The molecule has 0 aromatic heterocycles. The minimum absolute atomic E-state index is 0.0376. The second-order valence-corrected chi connectivity index (χ2v) is 8.67. The van der Waals surface area contributed by atoms with Crippen LogP contribution in [0.1, 0.15) is 15.9 Å². The molecule has 0 unspecified atom stereocenters. The maximum Gasteiger partial charge on any atom is 0.261 e. The van der Waals surface area contributed by atoms with Gasteiger partial charge in [0.15, 0.2) is 0 Å². The molecular weight excluding hydrogens is 405 g/mol. The van der Waals surface area contributed by atoms with Crippen molar-refractivity contribution in [3.05, 3.63) is 83.7 Å². The summed E-state index contributed by atoms with van der Waals surface area (Å²) in [5, 5.41) is 2.80. The summed E-state index contributed by atoms with van der Waals surface area (Å²) in [6.45, 7) is 1.50. The van der Waals surface area contributed by atoms with Gasteiger partial charge in [-0.25, -0.2) is 12.8 Å². The van der Waals surface area contributed by atoms with E-state index in [1.54, 1.807) is 12.1 Å². The predicted molar refractivity (Wildman–Crippen MR) is 117 cm³/mol. The molecule has 0 heterocycles. The van der Waals surface area contributed by atoms with Gasteiger partial charge in [0.1, 0.15) is 5.82 Å². The smallest absolute Gasteiger partial charge is 0.261 e. The van der Waals surface area contributed by atoms with E-state index in [0.717, 1.165) is 11.8 Å². The zero-order valence-corrected chi connectivity index (χ0v) is 17.6. The first-order chi connectivity index (χ1) is 14.2. The first-order valence-electron chi connectivity index (χ1n) is 9.13. The maximum atomic E-state index is 13.4. The molecule has 0 spiro atoms. The zero-order chi connectivity index (χ0) is 21.9. The number of hydrogen-bond acceptors (Lipinski definition) is 4. The number of halogens is 1. The van der Waals surface area contributed by atoms with Crippen molar-refractivity contribution in [2.45, 2.75) is 11.8 Å². The van der Waals surface area contributed by atoms with Gasteiger partial charge in [-0.15, -0.1) is 0 Å². The lowest BCUT2D eigenvalue weighted by Gasteiger charge is -2.13. The summed E-state index contributed by atoms with van der Waals surface area (Å²) in [5.41, 5.74) is 2.59. The van der Waals surface area contributed by atoms with Crippen LogP contribution in [-0.2, 0) is 10.0 Å². The van der Waals surface area contributed by atoms with Gasteiger partial charge in [-0.2, -0.15) is 0 Å². The average Bonchev–Trinajstić information content (AvgIpc) is 2.70. The second kappa shape index (κ2) is 8.54. The second-order valence-electron chi connectivity index (χ2n) is 6.99. The van der Waals surface area contributed by atoms with Crippen molar-refractivity contribution in [2.24, 2.45) is 0 Å². The van der Waals surface area contributed by atoms with E-state index in [0.29, 0.717) is 16.9 Å². The van der Waals surface area contributed by atoms with E-state index in [-0.39, 0.29) is 16.4 Å². The highest BCUT2D eigenvalue weighted by Crippen LogP contribution is 2.20. The number of nitrogens with zero attached hydrogens (tertiary/aromatic N) is 1. The molecule has 30 heavy (non-hydrogen) atoms. The van der Waals surface area contributed by atoms with Crippen molar-refractivity contribution < 1.29 is 17.6 Å². The third kappa shape index (κ3) is 4.96. The van der Waals surface area contributed by atoms with Crippen LogP contribution in [0.25, 0.3) is 0 Å². The Morgan fingerprint density at radius 3 is 2.07 bits per heavy atom. The molecule has 0 bridgehead atoms. The lowest BCUT2D eigenvalue weighted by molar-refractivity contribution is 0.102. The third-order valence-electron chi connectivity index (χ3n) is 4.48. The topological polar surface area (TPSA) is 78.5 Å². The Morgan fingerprint density at radius 2 is 1.50 bits per heavy atom. The van der Waals surface area contributed by atoms with Crippen LogP contribution < -0.4 is 14.9 Å². The Balaban J connectivity index is 1.69. The summed E-state index contributed by atoms with van der Waals surface area (Å²) >= 11 is 0. The minimum atomic E-state index is -3.87. The molecule has 3 aromatic rings. The Kier molecular flexibility index (Phi) is 6.07. The lowest BCUT2D eigenvalue weighted by Crippen LogP contribution is -2.14. The van der Waals surface area contributed by atoms with Crippen LogP contribution in [0.3, 0.4) is 0 Å². The van der Waals surface area contributed by atoms with Crippen LogP contribution in [0.15, 0.2) is 71.6 Å². The van der Waals surface area contributed by atoms with E-state index in [1.165, 1.54) is 43.3 Å². The number of nitrogens with one attached hydrogen (secondary N) is 2. The van der Waals surface area contributed by atoms with E-state index in [1.807, 2.05) is 31.1 Å². The molecule has 8 heteroatoms. The van der Waals surface area contributed by atoms with Crippen molar-refractivity contribution in [1.29, 1.82) is 0 Å². The molecule has 0 fully saturated rings. The Bertz CT molecular complexity index is 1160. The van der Waals surface area contributed by atoms with Gasteiger partial charge < -0.3 is 10.2 Å². The van der Waals surface area contributed by atoms with E-state index in [2.05, 4.69) is 10.0 Å². The molecule has 2 N–H and O–H groups in total. The molecule has 0 saturated carbocycles. The molecule has 0 aliphatic heterocycles. The fourth-order valence-electron chi connectivity index (χ4n) is 2.73. The SMILES string of the molecule is Cc1cc(S(=O)(=O)Nc2ccc(C(=O)Nc3ccc(N(C)C)cc3)cc2)ccc1F. The predicted octanol–water partition coefficient (Wildman–Crippen LogP) is 4.25. The summed E-state index contributed by atoms with van der Waals surface area (Å²) in [4.78, 5) is 14.3. The molecular formula is C22H22FN3O3S. The largest absolute Gasteiger partial charge is 0.378 e. The highest BCUT2D eigenvalue weighted by atomic mass is 32.2. The zero-order valence-electron chi connectivity index (χ0n) is 16.8. The van der Waals surface area contributed by atoms with Crippen LogP contribution in [0.4, 0.5) is 21.5 Å². The number of aryl methyl sites for hydroxylation is 1. The van der Waals surface area contributed by atoms with Crippen LogP contribution in [-0.4, -0.2) is 28.4 Å². The van der Waals surface area contributed by atoms with E-state index in [4.69, 9.17) is 0 Å². The fourth-order valence-corrected chi connectivity index (χ4v) is 3.88. The number of carbonyl (C=O) groups excluding carboxylic acids is 1. The summed E-state index contributed by atoms with van der Waals surface area (Å²) in [6, 6.07) is 17.0. The Hall–Kier alpha value is -3.39. The average molecular weight is 428 g/mol. The molecule has 0 atom stereocenters. The quantitative estimate of drug-likeness (QED) is 0.616. The normalized spacial score (nSPS) is 11.1. The van der Waals surface area contributed by atoms with Crippen molar-refractivity contribution in [3.63, 3.8) is 0 Å². The number of rotatable bonds is 6. The van der Waals surface area contributed by atoms with Gasteiger partial charge in [0, 0.05) is 36.7 Å². The monoisotopic (exact) mass is 427 g/mol. The van der Waals surface area contributed by atoms with Gasteiger partial charge >= 0.3 is 0 Å². The third-order valence-corrected chi connectivity index (χ3v) is 5.86. The molecule has 0 aliphatic rings. The standard InChI is InChI=1S/C22H22FN3O3S/c1-15-14-20(12-13-21(15)23)30(28,29)25-18-6-4-16(5-7-18)22(27)24-17-8-10-19(11-9-17)26(2)3/h4-14,25H,1-3H3,(H,24,27). The van der Waals surface area contributed by atoms with Crippen molar-refractivity contribution in [1.82, 2.24) is 0 Å². The maximum absolute atomic E-state index is 13.4. The van der Waals surface area contributed by atoms with E-state index in [9.17, 15) is 17.6 Å². The number of anilines is 3. The van der Waals surface area contributed by atoms with Crippen molar-refractivity contribution >= 4 is 33.0 Å². The molecule has 3 rings (SSSR count). The van der Waals surface area contributed by atoms with Crippen LogP contribution in [0, 0.1) is 12.7 Å². The van der Waals surface area contributed by atoms with Gasteiger partial charge in [0.25, 0.3) is 15.9 Å². The van der Waals surface area contributed by atoms with Crippen LogP contribution in [0.5, 0.6) is 0 Å². The summed E-state index contributed by atoms with van der Waals surface area (Å²) in [6.07, 6.45) is 0. The Morgan fingerprint density at radius 1 is 0.900 bits per heavy atom. The molecule has 1 amide bonds. The summed E-state index contributed by atoms with van der Waals surface area (Å²) in [7, 11) is -0.00426. The Labute approximate surface area is 175 Å². The van der Waals surface area contributed by atoms with Crippen LogP contribution in [0.2, 0.25) is 0 Å². The van der Waals surface area contributed by atoms with Crippen LogP contribution >= 0.6 is 0 Å². The molecule has 3 aromatic carbocycles. The van der Waals surface area contributed by atoms with Gasteiger partial charge in [-0.05, 0) is 79.2 Å². The molecule has 6 nitrogen and oxygen atoms in total. The van der Waals surface area contributed by atoms with Gasteiger partial charge in [0.05, 0.1) is 4.90 Å². The lowest BCUT2D eigenvalue weighted by atomic mass is 10.2. The highest BCUT2D eigenvalue weighted by Gasteiger charge is 2.16. The summed E-state index contributed by atoms with van der Waals surface area (Å²) < 4.78 is 40.8. The summed E-state index contributed by atoms with van der Waals surface area (Å²) in [5.74, 6) is -0.781. The molecule has 156 valence electrons. The first kappa shape index (κ1) is 21.3. The van der Waals surface area contributed by atoms with Crippen molar-refractivity contribution in [3.8, 4) is 0 Å². The molecule has 0 aliphatic carbocycles. The number of benzene rings is 3. The van der Waals surface area contributed by atoms with Gasteiger partial charge in [-0.3, -0.25) is 9.52 Å². The van der Waals surface area contributed by atoms with Gasteiger partial charge in [-0.1, -0.05) is 0 Å². The highest BCUT2D eigenvalue weighted by molar-refractivity contribution is 7.92. The van der Waals surface area contributed by atoms with Gasteiger partial charge in [0.2, 0.25) is 0 Å². The fraction of sp³-hybridized carbons (Fsp3) is 0.136. The number of carbonyl (C=O) groups is 1. The number of sulfonamides is 1. The number of amides is 1. The van der Waals surface area contributed by atoms with E-state index < -0.39 is 15.8 Å². The molecule has 0 saturated heterocycles. The van der Waals surface area contributed by atoms with E-state index >= 15 is 0 Å². The minimum Gasteiger partial charge on any atom is -0.378 e. The van der Waals surface area contributed by atoms with Crippen molar-refractivity contribution in [2.75, 3.05) is 29.0 Å². The number of hydrogen-bond donors (Lipinski definition) is 2. The molecule has 0 radical (unpaired) electrons.